The third kappa shape index (κ3) is 7.79. The first-order valence-electron chi connectivity index (χ1n) is 14.3. The van der Waals surface area contributed by atoms with Gasteiger partial charge in [-0.2, -0.15) is 0 Å². The van der Waals surface area contributed by atoms with Gasteiger partial charge in [0, 0.05) is 29.1 Å². The standard InChI is InChI=1S/C37H43ClN2/c1-7-11-13-14-17-20-24-39-37(40-35(10-4)29-21-18-15-16-19-22-29)33-25-30-26-34(28(6)38)31(9-3)36(30)32(27(33)5)23-12-8-2/h7-9,11-18,21-23,25,28,34H,1-2,10,19-20,24,26H2,3-6H3/b13-11-,17-14-,23-12-,31-9+,39-37-,40-35+. The lowest BCUT2D eigenvalue weighted by Crippen LogP contribution is -2.10. The van der Waals surface area contributed by atoms with E-state index in [0.29, 0.717) is 6.54 Å². The van der Waals surface area contributed by atoms with Crippen LogP contribution in [0.1, 0.15) is 67.9 Å². The van der Waals surface area contributed by atoms with Crippen molar-refractivity contribution in [1.82, 2.24) is 0 Å². The quantitative estimate of drug-likeness (QED) is 0.0860. The van der Waals surface area contributed by atoms with Crippen molar-refractivity contribution in [2.45, 2.75) is 58.8 Å². The number of halogens is 1. The third-order valence-corrected chi connectivity index (χ3v) is 7.61. The highest BCUT2D eigenvalue weighted by Gasteiger charge is 2.33. The molecule has 208 valence electrons. The molecule has 40 heavy (non-hydrogen) atoms. The SMILES string of the molecule is C=C/C=C\C=C/CC/N=C(\N=C(/CC)C1=CCC=CC=C1)c1cc2c(c(/C=C\C=C)c1C)/C(=C/C)C(C(C)Cl)C2. The molecule has 0 radical (unpaired) electrons. The lowest BCUT2D eigenvalue weighted by Gasteiger charge is -2.18. The van der Waals surface area contributed by atoms with Crippen LogP contribution in [-0.4, -0.2) is 23.5 Å². The fourth-order valence-electron chi connectivity index (χ4n) is 5.28. The van der Waals surface area contributed by atoms with Gasteiger partial charge < -0.3 is 0 Å². The van der Waals surface area contributed by atoms with Gasteiger partial charge in [-0.1, -0.05) is 105 Å². The van der Waals surface area contributed by atoms with E-state index in [0.717, 1.165) is 48.4 Å². The summed E-state index contributed by atoms with van der Waals surface area (Å²) < 4.78 is 0. The van der Waals surface area contributed by atoms with Crippen molar-refractivity contribution >= 4 is 34.8 Å². The zero-order valence-electron chi connectivity index (χ0n) is 24.5. The van der Waals surface area contributed by atoms with Crippen LogP contribution < -0.4 is 0 Å². The Morgan fingerprint density at radius 1 is 1.15 bits per heavy atom. The summed E-state index contributed by atoms with van der Waals surface area (Å²) in [4.78, 5) is 10.4. The molecule has 0 heterocycles. The molecule has 2 atom stereocenters. The number of rotatable bonds is 11. The van der Waals surface area contributed by atoms with Gasteiger partial charge in [0.05, 0.1) is 0 Å². The Labute approximate surface area is 247 Å². The molecule has 3 heteroatoms. The van der Waals surface area contributed by atoms with Crippen molar-refractivity contribution in [1.29, 1.82) is 0 Å². The molecule has 0 spiro atoms. The van der Waals surface area contributed by atoms with E-state index >= 15 is 0 Å². The van der Waals surface area contributed by atoms with E-state index in [1.165, 1.54) is 27.8 Å². The number of hydrogen-bond donors (Lipinski definition) is 0. The number of aliphatic imine (C=N–C) groups is 2. The van der Waals surface area contributed by atoms with Crippen molar-refractivity contribution < 1.29 is 0 Å². The Kier molecular flexibility index (Phi) is 12.4. The van der Waals surface area contributed by atoms with Crippen LogP contribution in [0.2, 0.25) is 0 Å². The molecule has 1 aromatic rings. The molecule has 2 unspecified atom stereocenters. The van der Waals surface area contributed by atoms with E-state index in [9.17, 15) is 0 Å². The maximum atomic E-state index is 6.71. The second-order valence-corrected chi connectivity index (χ2v) is 10.6. The molecule has 0 aromatic heterocycles. The topological polar surface area (TPSA) is 24.7 Å². The first kappa shape index (κ1) is 31.0. The van der Waals surface area contributed by atoms with Crippen molar-refractivity contribution in [2.75, 3.05) is 6.54 Å². The normalized spacial score (nSPS) is 19.6. The average molecular weight is 551 g/mol. The number of nitrogens with zero attached hydrogens (tertiary/aromatic N) is 2. The fraction of sp³-hybridized carbons (Fsp3) is 0.297. The first-order valence-corrected chi connectivity index (χ1v) is 14.8. The van der Waals surface area contributed by atoms with Crippen molar-refractivity contribution in [3.63, 3.8) is 0 Å². The molecule has 2 aliphatic carbocycles. The second kappa shape index (κ2) is 15.9. The van der Waals surface area contributed by atoms with E-state index in [4.69, 9.17) is 21.6 Å². The Hall–Kier alpha value is -3.49. The zero-order chi connectivity index (χ0) is 28.9. The monoisotopic (exact) mass is 550 g/mol. The van der Waals surface area contributed by atoms with Gasteiger partial charge in [-0.05, 0) is 85.9 Å². The van der Waals surface area contributed by atoms with Crippen molar-refractivity contribution in [3.05, 3.63) is 132 Å². The molecule has 0 bridgehead atoms. The summed E-state index contributed by atoms with van der Waals surface area (Å²) in [5.41, 5.74) is 9.60. The predicted octanol–water partition coefficient (Wildman–Crippen LogP) is 10.1. The van der Waals surface area contributed by atoms with Crippen LogP contribution in [0.15, 0.2) is 114 Å². The van der Waals surface area contributed by atoms with E-state index < -0.39 is 0 Å². The summed E-state index contributed by atoms with van der Waals surface area (Å²) >= 11 is 6.71. The van der Waals surface area contributed by atoms with Gasteiger partial charge in [0.25, 0.3) is 0 Å². The Morgan fingerprint density at radius 3 is 2.65 bits per heavy atom. The zero-order valence-corrected chi connectivity index (χ0v) is 25.3. The minimum absolute atomic E-state index is 0.0425. The van der Waals surface area contributed by atoms with Gasteiger partial charge in [0.1, 0.15) is 0 Å². The summed E-state index contributed by atoms with van der Waals surface area (Å²) in [6.07, 6.45) is 32.3. The highest BCUT2D eigenvalue weighted by atomic mass is 35.5. The molecule has 1 aromatic carbocycles. The minimum atomic E-state index is 0.0425. The number of fused-ring (bicyclic) bond motifs is 1. The Morgan fingerprint density at radius 2 is 1.95 bits per heavy atom. The highest BCUT2D eigenvalue weighted by Crippen LogP contribution is 2.44. The molecule has 0 fully saturated rings. The molecular weight excluding hydrogens is 508 g/mol. The summed E-state index contributed by atoms with van der Waals surface area (Å²) in [6, 6.07) is 2.32. The number of hydrogen-bond acceptors (Lipinski definition) is 1. The Balaban J connectivity index is 2.19. The van der Waals surface area contributed by atoms with E-state index in [1.807, 2.05) is 30.4 Å². The predicted molar refractivity (Wildman–Crippen MR) is 180 cm³/mol. The number of benzene rings is 1. The van der Waals surface area contributed by atoms with Gasteiger partial charge in [0.15, 0.2) is 5.84 Å². The lowest BCUT2D eigenvalue weighted by molar-refractivity contribution is 0.676. The molecule has 0 amide bonds. The Bertz CT molecular complexity index is 1350. The number of allylic oxidation sites excluding steroid dienone is 14. The summed E-state index contributed by atoms with van der Waals surface area (Å²) in [5, 5.41) is 0.0425. The molecule has 2 aliphatic rings. The molecule has 0 aliphatic heterocycles. The van der Waals surface area contributed by atoms with E-state index in [2.05, 4.69) is 95.5 Å². The summed E-state index contributed by atoms with van der Waals surface area (Å²) in [6.45, 7) is 16.9. The van der Waals surface area contributed by atoms with Gasteiger partial charge in [-0.15, -0.1) is 11.6 Å². The molecular formula is C37H43ClN2. The lowest BCUT2D eigenvalue weighted by atomic mass is 9.89. The second-order valence-electron chi connectivity index (χ2n) is 9.96. The van der Waals surface area contributed by atoms with Crippen molar-refractivity contribution in [3.8, 4) is 0 Å². The smallest absolute Gasteiger partial charge is 0.155 e. The maximum absolute atomic E-state index is 6.71. The average Bonchev–Trinajstić information content (AvgIpc) is 3.11. The number of amidine groups is 1. The van der Waals surface area contributed by atoms with E-state index in [1.54, 1.807) is 6.08 Å². The molecule has 3 rings (SSSR count). The van der Waals surface area contributed by atoms with Crippen molar-refractivity contribution in [2.24, 2.45) is 15.9 Å². The van der Waals surface area contributed by atoms with Gasteiger partial charge in [-0.25, -0.2) is 4.99 Å². The van der Waals surface area contributed by atoms with Gasteiger partial charge >= 0.3 is 0 Å². The minimum Gasteiger partial charge on any atom is -0.266 e. The maximum Gasteiger partial charge on any atom is 0.155 e. The van der Waals surface area contributed by atoms with Crippen LogP contribution in [0.5, 0.6) is 0 Å². The van der Waals surface area contributed by atoms with Crippen LogP contribution in [-0.2, 0) is 6.42 Å². The largest absolute Gasteiger partial charge is 0.266 e. The number of alkyl halides is 1. The van der Waals surface area contributed by atoms with Crippen LogP contribution in [0.25, 0.3) is 11.6 Å². The van der Waals surface area contributed by atoms with Crippen LogP contribution in [0, 0.1) is 12.8 Å². The van der Waals surface area contributed by atoms with Crippen LogP contribution >= 0.6 is 11.6 Å². The summed E-state index contributed by atoms with van der Waals surface area (Å²) in [5.74, 6) is 1.07. The van der Waals surface area contributed by atoms with Crippen LogP contribution in [0.4, 0.5) is 0 Å². The van der Waals surface area contributed by atoms with Crippen LogP contribution in [0.3, 0.4) is 0 Å². The molecule has 2 nitrogen and oxygen atoms in total. The molecule has 0 saturated carbocycles. The molecule has 0 N–H and O–H groups in total. The van der Waals surface area contributed by atoms with Gasteiger partial charge in [-0.3, -0.25) is 4.99 Å². The molecule has 0 saturated heterocycles. The fourth-order valence-corrected chi connectivity index (χ4v) is 5.50. The first-order chi connectivity index (χ1) is 19.5. The van der Waals surface area contributed by atoms with E-state index in [-0.39, 0.29) is 11.3 Å². The highest BCUT2D eigenvalue weighted by molar-refractivity contribution is 6.21. The van der Waals surface area contributed by atoms with Gasteiger partial charge in [0.2, 0.25) is 0 Å². The third-order valence-electron chi connectivity index (χ3n) is 7.31. The summed E-state index contributed by atoms with van der Waals surface area (Å²) in [7, 11) is 0.